The van der Waals surface area contributed by atoms with E-state index in [2.05, 4.69) is 20.7 Å². The highest BCUT2D eigenvalue weighted by molar-refractivity contribution is 5.92. The van der Waals surface area contributed by atoms with Gasteiger partial charge in [0.2, 0.25) is 0 Å². The number of amides is 2. The molecular formula is C25H30FN5O3. The molecule has 9 heteroatoms. The summed E-state index contributed by atoms with van der Waals surface area (Å²) in [5, 5.41) is 9.73. The van der Waals surface area contributed by atoms with Gasteiger partial charge in [0.25, 0.3) is 5.91 Å². The number of alkyl halides is 1. The quantitative estimate of drug-likeness (QED) is 0.525. The number of benzene rings is 1. The predicted molar refractivity (Wildman–Crippen MR) is 127 cm³/mol. The van der Waals surface area contributed by atoms with Crippen LogP contribution in [-0.2, 0) is 24.9 Å². The third-order valence-electron chi connectivity index (χ3n) is 5.07. The zero-order valence-electron chi connectivity index (χ0n) is 19.8. The van der Waals surface area contributed by atoms with Gasteiger partial charge in [0, 0.05) is 31.5 Å². The van der Waals surface area contributed by atoms with Gasteiger partial charge in [-0.05, 0) is 56.5 Å². The minimum atomic E-state index is -0.650. The van der Waals surface area contributed by atoms with Gasteiger partial charge >= 0.3 is 6.09 Å². The summed E-state index contributed by atoms with van der Waals surface area (Å²) in [6.45, 7) is 4.79. The van der Waals surface area contributed by atoms with E-state index in [1.807, 2.05) is 25.2 Å². The maximum atomic E-state index is 13.5. The number of aromatic nitrogens is 3. The molecule has 2 heterocycles. The molecule has 1 aromatic carbocycles. The highest BCUT2D eigenvalue weighted by atomic mass is 19.1. The largest absolute Gasteiger partial charge is 0.444 e. The van der Waals surface area contributed by atoms with Gasteiger partial charge in [0.1, 0.15) is 18.0 Å². The standard InChI is InChI=1S/C25H30FN5O3/c1-25(2,3)34-24(33)28-16-20(13-17-7-5-6-8-18(17)14-26)30-23(32)21-10-9-19(15-27-21)22-11-12-29-31(22)4/h5-12,15,20H,13-14,16H2,1-4H3,(H,28,33)(H,30,32)/t20-/m0/s1. The molecule has 0 aliphatic carbocycles. The van der Waals surface area contributed by atoms with Gasteiger partial charge in [-0.3, -0.25) is 14.5 Å². The van der Waals surface area contributed by atoms with E-state index in [-0.39, 0.29) is 12.2 Å². The lowest BCUT2D eigenvalue weighted by Gasteiger charge is -2.23. The van der Waals surface area contributed by atoms with Crippen LogP contribution < -0.4 is 10.6 Å². The lowest BCUT2D eigenvalue weighted by molar-refractivity contribution is 0.0519. The summed E-state index contributed by atoms with van der Waals surface area (Å²) in [5.41, 5.74) is 2.58. The van der Waals surface area contributed by atoms with Crippen LogP contribution in [0.15, 0.2) is 54.9 Å². The Morgan fingerprint density at radius 2 is 1.85 bits per heavy atom. The van der Waals surface area contributed by atoms with Crippen LogP contribution in [0.4, 0.5) is 9.18 Å². The molecule has 180 valence electrons. The third-order valence-corrected chi connectivity index (χ3v) is 5.07. The second-order valence-electron chi connectivity index (χ2n) is 8.93. The van der Waals surface area contributed by atoms with Crippen LogP contribution in [0.2, 0.25) is 0 Å². The lowest BCUT2D eigenvalue weighted by atomic mass is 10.0. The molecule has 8 nitrogen and oxygen atoms in total. The first-order valence-electron chi connectivity index (χ1n) is 11.0. The molecule has 0 saturated heterocycles. The number of halogens is 1. The highest BCUT2D eigenvalue weighted by Crippen LogP contribution is 2.17. The van der Waals surface area contributed by atoms with Crippen LogP contribution in [0.5, 0.6) is 0 Å². The van der Waals surface area contributed by atoms with Crippen molar-refractivity contribution in [2.24, 2.45) is 7.05 Å². The van der Waals surface area contributed by atoms with E-state index in [1.165, 1.54) is 0 Å². The molecule has 1 atom stereocenters. The van der Waals surface area contributed by atoms with Crippen molar-refractivity contribution < 1.29 is 18.7 Å². The Morgan fingerprint density at radius 3 is 2.44 bits per heavy atom. The predicted octanol–water partition coefficient (Wildman–Crippen LogP) is 3.82. The monoisotopic (exact) mass is 467 g/mol. The highest BCUT2D eigenvalue weighted by Gasteiger charge is 2.21. The Morgan fingerprint density at radius 1 is 1.12 bits per heavy atom. The van der Waals surface area contributed by atoms with Crippen LogP contribution in [0.1, 0.15) is 42.4 Å². The fourth-order valence-corrected chi connectivity index (χ4v) is 3.44. The fraction of sp³-hybridized carbons (Fsp3) is 0.360. The first-order valence-corrected chi connectivity index (χ1v) is 11.0. The van der Waals surface area contributed by atoms with Gasteiger partial charge in [-0.25, -0.2) is 9.18 Å². The van der Waals surface area contributed by atoms with Crippen LogP contribution in [0.25, 0.3) is 11.3 Å². The van der Waals surface area contributed by atoms with E-state index in [1.54, 1.807) is 62.1 Å². The molecule has 0 unspecified atom stereocenters. The van der Waals surface area contributed by atoms with Crippen molar-refractivity contribution in [3.8, 4) is 11.3 Å². The Bertz CT molecular complexity index is 1120. The van der Waals surface area contributed by atoms with Gasteiger partial charge in [0.15, 0.2) is 0 Å². The first kappa shape index (κ1) is 24.9. The number of carbonyl (C=O) groups excluding carboxylic acids is 2. The molecule has 0 fully saturated rings. The topological polar surface area (TPSA) is 98.1 Å². The number of hydrogen-bond acceptors (Lipinski definition) is 5. The molecule has 0 radical (unpaired) electrons. The Balaban J connectivity index is 1.73. The molecule has 3 rings (SSSR count). The second-order valence-corrected chi connectivity index (χ2v) is 8.93. The van der Waals surface area contributed by atoms with Crippen molar-refractivity contribution in [1.82, 2.24) is 25.4 Å². The minimum absolute atomic E-state index is 0.106. The molecule has 34 heavy (non-hydrogen) atoms. The van der Waals surface area contributed by atoms with Crippen molar-refractivity contribution in [3.05, 3.63) is 71.7 Å². The average molecular weight is 468 g/mol. The number of nitrogens with zero attached hydrogens (tertiary/aromatic N) is 3. The van der Waals surface area contributed by atoms with E-state index < -0.39 is 30.3 Å². The molecule has 3 aromatic rings. The molecule has 0 bridgehead atoms. The van der Waals surface area contributed by atoms with Crippen molar-refractivity contribution in [1.29, 1.82) is 0 Å². The number of alkyl carbamates (subject to hydrolysis) is 1. The summed E-state index contributed by atoms with van der Waals surface area (Å²) in [7, 11) is 1.83. The Hall–Kier alpha value is -3.75. The second kappa shape index (κ2) is 10.9. The number of pyridine rings is 1. The number of aryl methyl sites for hydroxylation is 1. The molecule has 0 saturated carbocycles. The zero-order chi connectivity index (χ0) is 24.7. The molecule has 0 spiro atoms. The zero-order valence-corrected chi connectivity index (χ0v) is 19.8. The summed E-state index contributed by atoms with van der Waals surface area (Å²) >= 11 is 0. The number of hydrogen-bond donors (Lipinski definition) is 2. The number of nitrogens with one attached hydrogen (secondary N) is 2. The van der Waals surface area contributed by atoms with E-state index >= 15 is 0 Å². The number of rotatable bonds is 8. The summed E-state index contributed by atoms with van der Waals surface area (Å²) in [6, 6.07) is 11.9. The number of ether oxygens (including phenoxy) is 1. The molecule has 0 aliphatic heterocycles. The Labute approximate surface area is 198 Å². The fourth-order valence-electron chi connectivity index (χ4n) is 3.44. The van der Waals surface area contributed by atoms with Crippen molar-refractivity contribution in [2.45, 2.75) is 45.5 Å². The molecular weight excluding hydrogens is 437 g/mol. The lowest BCUT2D eigenvalue weighted by Crippen LogP contribution is -2.46. The summed E-state index contributed by atoms with van der Waals surface area (Å²) in [5.74, 6) is -0.398. The van der Waals surface area contributed by atoms with Gasteiger partial charge in [-0.15, -0.1) is 0 Å². The van der Waals surface area contributed by atoms with E-state index in [9.17, 15) is 14.0 Å². The van der Waals surface area contributed by atoms with Crippen LogP contribution in [0, 0.1) is 0 Å². The molecule has 2 N–H and O–H groups in total. The molecule has 2 aromatic heterocycles. The van der Waals surface area contributed by atoms with Gasteiger partial charge in [0.05, 0.1) is 11.7 Å². The van der Waals surface area contributed by atoms with Crippen molar-refractivity contribution in [2.75, 3.05) is 6.54 Å². The van der Waals surface area contributed by atoms with Crippen LogP contribution in [0.3, 0.4) is 0 Å². The third kappa shape index (κ3) is 6.87. The Kier molecular flexibility index (Phi) is 7.99. The molecule has 0 aliphatic rings. The van der Waals surface area contributed by atoms with Crippen molar-refractivity contribution in [3.63, 3.8) is 0 Å². The normalized spacial score (nSPS) is 12.1. The van der Waals surface area contributed by atoms with Gasteiger partial charge in [-0.2, -0.15) is 5.10 Å². The molecule has 2 amide bonds. The smallest absolute Gasteiger partial charge is 0.407 e. The number of carbonyl (C=O) groups is 2. The summed E-state index contributed by atoms with van der Waals surface area (Å²) < 4.78 is 20.5. The first-order chi connectivity index (χ1) is 16.2. The maximum Gasteiger partial charge on any atom is 0.407 e. The van der Waals surface area contributed by atoms with Crippen LogP contribution in [-0.4, -0.2) is 45.0 Å². The van der Waals surface area contributed by atoms with E-state index in [0.717, 1.165) is 16.8 Å². The SMILES string of the molecule is Cn1nccc1-c1ccc(C(=O)N[C@H](CNC(=O)OC(C)(C)C)Cc2ccccc2CF)nc1. The average Bonchev–Trinajstić information content (AvgIpc) is 3.22. The minimum Gasteiger partial charge on any atom is -0.444 e. The van der Waals surface area contributed by atoms with Crippen molar-refractivity contribution >= 4 is 12.0 Å². The summed E-state index contributed by atoms with van der Waals surface area (Å²) in [6.07, 6.45) is 3.03. The van der Waals surface area contributed by atoms with Gasteiger partial charge < -0.3 is 15.4 Å². The maximum absolute atomic E-state index is 13.5. The summed E-state index contributed by atoms with van der Waals surface area (Å²) in [4.78, 5) is 29.4. The van der Waals surface area contributed by atoms with E-state index in [0.29, 0.717) is 12.0 Å². The van der Waals surface area contributed by atoms with Crippen LogP contribution >= 0.6 is 0 Å². The van der Waals surface area contributed by atoms with E-state index in [4.69, 9.17) is 4.74 Å². The van der Waals surface area contributed by atoms with Gasteiger partial charge in [-0.1, -0.05) is 24.3 Å².